The molecule has 0 saturated carbocycles. The number of ether oxygens (including phenoxy) is 1. The molecular formula is C27H20ClN5O3S. The number of fused-ring (bicyclic) bond motifs is 7. The maximum atomic E-state index is 13.0. The van der Waals surface area contributed by atoms with Gasteiger partial charge in [-0.05, 0) is 48.5 Å². The predicted octanol–water partition coefficient (Wildman–Crippen LogP) is 7.10. The highest BCUT2D eigenvalue weighted by molar-refractivity contribution is 7.99. The summed E-state index contributed by atoms with van der Waals surface area (Å²) in [5, 5.41) is 10.7. The maximum Gasteiger partial charge on any atom is 0.255 e. The summed E-state index contributed by atoms with van der Waals surface area (Å²) in [6, 6.07) is 20.5. The molecule has 0 spiro atoms. The second-order valence-electron chi connectivity index (χ2n) is 8.24. The van der Waals surface area contributed by atoms with Crippen molar-refractivity contribution in [2.24, 2.45) is 0 Å². The second-order valence-corrected chi connectivity index (χ2v) is 9.81. The molecule has 0 unspecified atom stereocenters. The van der Waals surface area contributed by atoms with Crippen molar-refractivity contribution in [1.82, 2.24) is 9.97 Å². The Kier molecular flexibility index (Phi) is 6.30. The predicted molar refractivity (Wildman–Crippen MR) is 147 cm³/mol. The molecule has 8 nitrogen and oxygen atoms in total. The number of thioether (sulfide) groups is 1. The van der Waals surface area contributed by atoms with Crippen molar-refractivity contribution in [3.05, 3.63) is 89.8 Å². The van der Waals surface area contributed by atoms with Crippen LogP contribution in [0.3, 0.4) is 0 Å². The minimum atomic E-state index is -0.249. The van der Waals surface area contributed by atoms with Crippen molar-refractivity contribution in [1.29, 1.82) is 0 Å². The summed E-state index contributed by atoms with van der Waals surface area (Å²) in [6.45, 7) is 0.479. The Morgan fingerprint density at radius 2 is 1.97 bits per heavy atom. The van der Waals surface area contributed by atoms with Crippen LogP contribution in [0.15, 0.2) is 88.5 Å². The molecule has 1 amide bonds. The van der Waals surface area contributed by atoms with E-state index < -0.39 is 0 Å². The van der Waals surface area contributed by atoms with Crippen LogP contribution in [0.25, 0.3) is 11.0 Å². The first-order valence-electron chi connectivity index (χ1n) is 11.4. The Morgan fingerprint density at radius 1 is 1.03 bits per heavy atom. The van der Waals surface area contributed by atoms with Gasteiger partial charge in [-0.1, -0.05) is 17.7 Å². The van der Waals surface area contributed by atoms with Gasteiger partial charge in [0.25, 0.3) is 5.91 Å². The second kappa shape index (κ2) is 10.0. The van der Waals surface area contributed by atoms with E-state index in [0.29, 0.717) is 46.1 Å². The Balaban J connectivity index is 1.31. The number of carbonyl (C=O) groups excluding carboxylic acids is 1. The number of amides is 1. The molecule has 37 heavy (non-hydrogen) atoms. The first-order valence-corrected chi connectivity index (χ1v) is 12.8. The maximum absolute atomic E-state index is 13.0. The van der Waals surface area contributed by atoms with E-state index in [1.54, 1.807) is 48.4 Å². The lowest BCUT2D eigenvalue weighted by Crippen LogP contribution is -2.12. The van der Waals surface area contributed by atoms with Gasteiger partial charge in [0.2, 0.25) is 5.95 Å². The van der Waals surface area contributed by atoms with E-state index in [2.05, 4.69) is 25.9 Å². The molecular weight excluding hydrogens is 510 g/mol. The third kappa shape index (κ3) is 5.32. The highest BCUT2D eigenvalue weighted by Gasteiger charge is 2.13. The number of nitrogens with one attached hydrogen (secondary N) is 3. The third-order valence-electron chi connectivity index (χ3n) is 5.60. The normalized spacial score (nSPS) is 12.9. The fourth-order valence-corrected chi connectivity index (χ4v) is 4.83. The van der Waals surface area contributed by atoms with Crippen LogP contribution in [0, 0.1) is 0 Å². The van der Waals surface area contributed by atoms with Crippen LogP contribution in [-0.4, -0.2) is 28.2 Å². The zero-order valence-electron chi connectivity index (χ0n) is 19.3. The van der Waals surface area contributed by atoms with Crippen molar-refractivity contribution in [3.8, 4) is 5.75 Å². The van der Waals surface area contributed by atoms with Crippen molar-refractivity contribution >= 4 is 69.1 Å². The molecule has 5 aromatic rings. The van der Waals surface area contributed by atoms with E-state index in [1.807, 2.05) is 36.4 Å². The SMILES string of the molecule is O=C(Nc1cc2cc(c1)OCCSc1cccc(c1)Nc1nc(ncc1Cl)N2)c1ccc2occc2c1. The number of rotatable bonds is 2. The minimum absolute atomic E-state index is 0.249. The van der Waals surface area contributed by atoms with Gasteiger partial charge in [-0.25, -0.2) is 4.98 Å². The molecule has 0 atom stereocenters. The summed E-state index contributed by atoms with van der Waals surface area (Å²) in [7, 11) is 0. The van der Waals surface area contributed by atoms with E-state index in [1.165, 1.54) is 6.20 Å². The molecule has 3 N–H and O–H groups in total. The molecule has 1 aliphatic rings. The van der Waals surface area contributed by atoms with Crippen LogP contribution in [0.4, 0.5) is 28.8 Å². The number of aromatic nitrogens is 2. The molecule has 6 rings (SSSR count). The number of furan rings is 1. The Hall–Kier alpha value is -4.21. The summed E-state index contributed by atoms with van der Waals surface area (Å²) in [5.41, 5.74) is 3.32. The number of anilines is 5. The standard InChI is InChI=1S/C27H20ClN5O3S/c28-23-15-29-27-32-20-11-19(31-26(34)17-4-5-24-16(10-17)6-7-36-24)12-21(13-20)35-8-9-37-22-3-1-2-18(14-22)30-25(23)33-27/h1-7,10-15H,8-9H2,(H,31,34)(H2,29,30,32,33). The van der Waals surface area contributed by atoms with E-state index in [-0.39, 0.29) is 5.91 Å². The van der Waals surface area contributed by atoms with Gasteiger partial charge in [0, 0.05) is 50.8 Å². The number of halogens is 1. The van der Waals surface area contributed by atoms with Crippen LogP contribution in [0.1, 0.15) is 10.4 Å². The quantitative estimate of drug-likeness (QED) is 0.222. The van der Waals surface area contributed by atoms with Gasteiger partial charge in [-0.15, -0.1) is 11.8 Å². The summed E-state index contributed by atoms with van der Waals surface area (Å²) < 4.78 is 11.4. The fraction of sp³-hybridized carbons (Fsp3) is 0.0741. The molecule has 6 bridgehead atoms. The van der Waals surface area contributed by atoms with Crippen LogP contribution in [-0.2, 0) is 0 Å². The molecule has 0 aliphatic carbocycles. The zero-order chi connectivity index (χ0) is 25.2. The van der Waals surface area contributed by atoms with Gasteiger partial charge >= 0.3 is 0 Å². The van der Waals surface area contributed by atoms with Gasteiger partial charge in [0.05, 0.1) is 19.1 Å². The van der Waals surface area contributed by atoms with Gasteiger partial charge in [-0.3, -0.25) is 4.79 Å². The summed E-state index contributed by atoms with van der Waals surface area (Å²) in [6.07, 6.45) is 3.13. The van der Waals surface area contributed by atoms with E-state index >= 15 is 0 Å². The van der Waals surface area contributed by atoms with Crippen LogP contribution in [0.2, 0.25) is 5.02 Å². The van der Waals surface area contributed by atoms with E-state index in [0.717, 1.165) is 27.3 Å². The van der Waals surface area contributed by atoms with Gasteiger partial charge in [-0.2, -0.15) is 4.98 Å². The molecule has 184 valence electrons. The number of nitrogens with zero attached hydrogens (tertiary/aromatic N) is 2. The average Bonchev–Trinajstić information content (AvgIpc) is 3.36. The highest BCUT2D eigenvalue weighted by Crippen LogP contribution is 2.31. The van der Waals surface area contributed by atoms with Crippen molar-refractivity contribution in [2.45, 2.75) is 4.90 Å². The van der Waals surface area contributed by atoms with E-state index in [9.17, 15) is 4.79 Å². The molecule has 3 heterocycles. The molecule has 1 aliphatic heterocycles. The summed E-state index contributed by atoms with van der Waals surface area (Å²) >= 11 is 8.04. The van der Waals surface area contributed by atoms with Gasteiger partial charge in [0.1, 0.15) is 16.4 Å². The minimum Gasteiger partial charge on any atom is -0.493 e. The molecule has 0 radical (unpaired) electrons. The van der Waals surface area contributed by atoms with Crippen molar-refractivity contribution in [2.75, 3.05) is 28.3 Å². The average molecular weight is 530 g/mol. The van der Waals surface area contributed by atoms with Gasteiger partial charge in [0.15, 0.2) is 5.82 Å². The molecule has 10 heteroatoms. The Labute approximate surface area is 221 Å². The third-order valence-corrected chi connectivity index (χ3v) is 6.83. The fourth-order valence-electron chi connectivity index (χ4n) is 3.90. The zero-order valence-corrected chi connectivity index (χ0v) is 20.9. The smallest absolute Gasteiger partial charge is 0.255 e. The first kappa shape index (κ1) is 23.2. The first-order chi connectivity index (χ1) is 18.1. The lowest BCUT2D eigenvalue weighted by Gasteiger charge is -2.13. The molecule has 0 fully saturated rings. The monoisotopic (exact) mass is 529 g/mol. The van der Waals surface area contributed by atoms with Gasteiger partial charge < -0.3 is 25.1 Å². The summed E-state index contributed by atoms with van der Waals surface area (Å²) in [5.74, 6) is 1.91. The number of benzene rings is 3. The Morgan fingerprint density at radius 3 is 2.92 bits per heavy atom. The summed E-state index contributed by atoms with van der Waals surface area (Å²) in [4.78, 5) is 23.0. The Bertz CT molecular complexity index is 1620. The number of hydrogen-bond acceptors (Lipinski definition) is 8. The van der Waals surface area contributed by atoms with Crippen molar-refractivity contribution < 1.29 is 13.9 Å². The van der Waals surface area contributed by atoms with Crippen LogP contribution >= 0.6 is 23.4 Å². The van der Waals surface area contributed by atoms with Crippen LogP contribution in [0.5, 0.6) is 5.75 Å². The molecule has 3 aromatic carbocycles. The van der Waals surface area contributed by atoms with Crippen molar-refractivity contribution in [3.63, 3.8) is 0 Å². The lowest BCUT2D eigenvalue weighted by molar-refractivity contribution is 0.102. The van der Waals surface area contributed by atoms with Crippen LogP contribution < -0.4 is 20.7 Å². The van der Waals surface area contributed by atoms with E-state index in [4.69, 9.17) is 20.8 Å². The number of hydrogen-bond donors (Lipinski definition) is 3. The largest absolute Gasteiger partial charge is 0.493 e. The number of carbonyl (C=O) groups is 1. The topological polar surface area (TPSA) is 101 Å². The lowest BCUT2D eigenvalue weighted by atomic mass is 10.1. The molecule has 0 saturated heterocycles. The highest BCUT2D eigenvalue weighted by atomic mass is 35.5. The molecule has 2 aromatic heterocycles.